The summed E-state index contributed by atoms with van der Waals surface area (Å²) in [7, 11) is 1.65. The Kier molecular flexibility index (Phi) is 5.66. The summed E-state index contributed by atoms with van der Waals surface area (Å²) in [6, 6.07) is 14.6. The van der Waals surface area contributed by atoms with Crippen LogP contribution in [0, 0.1) is 0 Å². The summed E-state index contributed by atoms with van der Waals surface area (Å²) >= 11 is 0. The molecule has 1 aliphatic carbocycles. The first-order chi connectivity index (χ1) is 16.1. The second-order valence-corrected chi connectivity index (χ2v) is 8.69. The number of benzene rings is 2. The van der Waals surface area contributed by atoms with Gasteiger partial charge in [0.15, 0.2) is 0 Å². The fourth-order valence-corrected chi connectivity index (χ4v) is 4.79. The maximum absolute atomic E-state index is 13.1. The minimum Gasteiger partial charge on any atom is -0.495 e. The highest BCUT2D eigenvalue weighted by molar-refractivity contribution is 6.05. The number of amides is 3. The Morgan fingerprint density at radius 2 is 1.70 bits per heavy atom. The molecule has 2 aromatic carbocycles. The van der Waals surface area contributed by atoms with Crippen LogP contribution in [0.5, 0.6) is 5.75 Å². The van der Waals surface area contributed by atoms with Crippen molar-refractivity contribution in [1.29, 1.82) is 0 Å². The van der Waals surface area contributed by atoms with E-state index in [1.807, 2.05) is 42.5 Å². The number of carbonyl (C=O) groups excluding carboxylic acids is 3. The number of ether oxygens (including phenoxy) is 1. The van der Waals surface area contributed by atoms with Crippen LogP contribution in [0.25, 0.3) is 0 Å². The van der Waals surface area contributed by atoms with Gasteiger partial charge >= 0.3 is 0 Å². The molecule has 8 heteroatoms. The van der Waals surface area contributed by atoms with Gasteiger partial charge in [0.25, 0.3) is 5.91 Å². The first kappa shape index (κ1) is 21.3. The van der Waals surface area contributed by atoms with Gasteiger partial charge in [-0.1, -0.05) is 30.3 Å². The summed E-state index contributed by atoms with van der Waals surface area (Å²) in [6.45, 7) is 2.47. The van der Waals surface area contributed by atoms with Crippen LogP contribution in [-0.2, 0) is 9.59 Å². The van der Waals surface area contributed by atoms with Crippen molar-refractivity contribution in [2.45, 2.75) is 24.9 Å². The van der Waals surface area contributed by atoms with Crippen LogP contribution in [0.15, 0.2) is 48.5 Å². The molecule has 3 amide bonds. The molecular weight excluding hydrogens is 420 g/mol. The summed E-state index contributed by atoms with van der Waals surface area (Å²) in [5.74, 6) is 0.322. The minimum atomic E-state index is -0.656. The number of rotatable bonds is 6. The predicted octanol–water partition coefficient (Wildman–Crippen LogP) is 1.82. The van der Waals surface area contributed by atoms with Crippen LogP contribution in [-0.4, -0.2) is 73.4 Å². The van der Waals surface area contributed by atoms with Gasteiger partial charge in [-0.25, -0.2) is 0 Å². The molecule has 1 atom stereocenters. The van der Waals surface area contributed by atoms with Crippen molar-refractivity contribution in [2.75, 3.05) is 44.7 Å². The predicted molar refractivity (Wildman–Crippen MR) is 123 cm³/mol. The van der Waals surface area contributed by atoms with Crippen LogP contribution in [0.2, 0.25) is 0 Å². The van der Waals surface area contributed by atoms with Crippen molar-refractivity contribution in [2.24, 2.45) is 0 Å². The minimum absolute atomic E-state index is 0.0706. The third-order valence-electron chi connectivity index (χ3n) is 6.66. The zero-order valence-electron chi connectivity index (χ0n) is 18.7. The maximum Gasteiger partial charge on any atom is 0.255 e. The highest BCUT2D eigenvalue weighted by Gasteiger charge is 2.47. The number of methoxy groups -OCH3 is 1. The molecule has 2 fully saturated rings. The topological polar surface area (TPSA) is 82.2 Å². The van der Waals surface area contributed by atoms with Crippen molar-refractivity contribution in [3.63, 3.8) is 0 Å². The zero-order chi connectivity index (χ0) is 22.9. The molecule has 8 nitrogen and oxygen atoms in total. The van der Waals surface area contributed by atoms with Crippen molar-refractivity contribution < 1.29 is 19.1 Å². The van der Waals surface area contributed by atoms with Gasteiger partial charge < -0.3 is 24.8 Å². The number of para-hydroxylation sites is 2. The van der Waals surface area contributed by atoms with Gasteiger partial charge in [0.1, 0.15) is 11.8 Å². The van der Waals surface area contributed by atoms with E-state index in [4.69, 9.17) is 4.74 Å². The molecule has 33 heavy (non-hydrogen) atoms. The SMILES string of the molecule is COc1ccccc1N1CCN(C(=O)CNC(=O)C2c3ccccc3C(=O)N2C2CC2)CC1. The molecule has 3 aliphatic rings. The Labute approximate surface area is 193 Å². The lowest BCUT2D eigenvalue weighted by Gasteiger charge is -2.36. The number of hydrogen-bond acceptors (Lipinski definition) is 5. The molecule has 172 valence electrons. The third kappa shape index (κ3) is 4.01. The first-order valence-electron chi connectivity index (χ1n) is 11.4. The molecular formula is C25H28N4O4. The van der Waals surface area contributed by atoms with Gasteiger partial charge in [0.05, 0.1) is 19.3 Å². The number of nitrogens with one attached hydrogen (secondary N) is 1. The second kappa shape index (κ2) is 8.77. The van der Waals surface area contributed by atoms with Crippen LogP contribution < -0.4 is 15.0 Å². The monoisotopic (exact) mass is 448 g/mol. The van der Waals surface area contributed by atoms with Gasteiger partial charge in [-0.15, -0.1) is 0 Å². The van der Waals surface area contributed by atoms with Crippen LogP contribution in [0.1, 0.15) is 34.8 Å². The summed E-state index contributed by atoms with van der Waals surface area (Å²) in [6.07, 6.45) is 1.83. The van der Waals surface area contributed by atoms with E-state index in [9.17, 15) is 14.4 Å². The summed E-state index contributed by atoms with van der Waals surface area (Å²) < 4.78 is 5.45. The molecule has 5 rings (SSSR count). The van der Waals surface area contributed by atoms with Gasteiger partial charge in [0.2, 0.25) is 11.8 Å². The molecule has 0 bridgehead atoms. The molecule has 2 aromatic rings. The van der Waals surface area contributed by atoms with Crippen molar-refractivity contribution in [1.82, 2.24) is 15.1 Å². The molecule has 0 spiro atoms. The molecule has 1 unspecified atom stereocenters. The summed E-state index contributed by atoms with van der Waals surface area (Å²) in [5, 5.41) is 2.80. The molecule has 1 saturated carbocycles. The van der Waals surface area contributed by atoms with Gasteiger partial charge in [-0.05, 0) is 36.6 Å². The van der Waals surface area contributed by atoms with Crippen molar-refractivity contribution in [3.8, 4) is 5.75 Å². The Morgan fingerprint density at radius 1 is 1.00 bits per heavy atom. The quantitative estimate of drug-likeness (QED) is 0.729. The normalized spacial score (nSPS) is 20.0. The molecule has 0 aromatic heterocycles. The van der Waals surface area contributed by atoms with Gasteiger partial charge in [-0.3, -0.25) is 14.4 Å². The van der Waals surface area contributed by atoms with Crippen molar-refractivity contribution in [3.05, 3.63) is 59.7 Å². The Bertz CT molecular complexity index is 1080. The average molecular weight is 449 g/mol. The van der Waals surface area contributed by atoms with E-state index in [2.05, 4.69) is 10.2 Å². The Balaban J connectivity index is 1.19. The number of nitrogens with zero attached hydrogens (tertiary/aromatic N) is 3. The lowest BCUT2D eigenvalue weighted by Crippen LogP contribution is -2.52. The standard InChI is InChI=1S/C25H28N4O4/c1-33-21-9-5-4-8-20(21)27-12-14-28(15-13-27)22(30)16-26-24(31)23-18-6-2-3-7-19(18)25(32)29(23)17-10-11-17/h2-9,17,23H,10-16H2,1H3,(H,26,31). The summed E-state index contributed by atoms with van der Waals surface area (Å²) in [4.78, 5) is 44.4. The lowest BCUT2D eigenvalue weighted by atomic mass is 10.0. The van der Waals surface area contributed by atoms with E-state index < -0.39 is 6.04 Å². The van der Waals surface area contributed by atoms with E-state index >= 15 is 0 Å². The lowest BCUT2D eigenvalue weighted by molar-refractivity contribution is -0.134. The molecule has 1 N–H and O–H groups in total. The van der Waals surface area contributed by atoms with Gasteiger partial charge in [-0.2, -0.15) is 0 Å². The van der Waals surface area contributed by atoms with Crippen LogP contribution in [0.3, 0.4) is 0 Å². The van der Waals surface area contributed by atoms with Gasteiger partial charge in [0, 0.05) is 37.8 Å². The Hall–Kier alpha value is -3.55. The molecule has 0 radical (unpaired) electrons. The van der Waals surface area contributed by atoms with E-state index in [0.29, 0.717) is 31.7 Å². The third-order valence-corrected chi connectivity index (χ3v) is 6.66. The number of anilines is 1. The summed E-state index contributed by atoms with van der Waals surface area (Å²) in [5.41, 5.74) is 2.33. The number of piperazine rings is 1. The first-order valence-corrected chi connectivity index (χ1v) is 11.4. The Morgan fingerprint density at radius 3 is 2.42 bits per heavy atom. The number of hydrogen-bond donors (Lipinski definition) is 1. The number of fused-ring (bicyclic) bond motifs is 1. The average Bonchev–Trinajstić information content (AvgIpc) is 3.66. The maximum atomic E-state index is 13.1. The van der Waals surface area contributed by atoms with E-state index in [0.717, 1.165) is 29.8 Å². The van der Waals surface area contributed by atoms with Crippen LogP contribution in [0.4, 0.5) is 5.69 Å². The van der Waals surface area contributed by atoms with E-state index in [-0.39, 0.29) is 30.3 Å². The molecule has 2 heterocycles. The second-order valence-electron chi connectivity index (χ2n) is 8.69. The number of carbonyl (C=O) groups is 3. The van der Waals surface area contributed by atoms with E-state index in [1.54, 1.807) is 23.0 Å². The molecule has 1 saturated heterocycles. The largest absolute Gasteiger partial charge is 0.495 e. The highest BCUT2D eigenvalue weighted by atomic mass is 16.5. The van der Waals surface area contributed by atoms with Crippen molar-refractivity contribution >= 4 is 23.4 Å². The zero-order valence-corrected chi connectivity index (χ0v) is 18.7. The van der Waals surface area contributed by atoms with E-state index in [1.165, 1.54) is 0 Å². The smallest absolute Gasteiger partial charge is 0.255 e. The highest BCUT2D eigenvalue weighted by Crippen LogP contribution is 2.41. The molecule has 2 aliphatic heterocycles. The fourth-order valence-electron chi connectivity index (χ4n) is 4.79. The van der Waals surface area contributed by atoms with Crippen LogP contribution >= 0.6 is 0 Å². The fraction of sp³-hybridized carbons (Fsp3) is 0.400.